The van der Waals surface area contributed by atoms with Gasteiger partial charge in [-0.2, -0.15) is 0 Å². The number of aryl methyl sites for hydroxylation is 1. The molecule has 12 rings (SSSR count). The van der Waals surface area contributed by atoms with Gasteiger partial charge in [-0.15, -0.1) is 0 Å². The average molecular weight is 1050 g/mol. The molecule has 0 atom stereocenters. The van der Waals surface area contributed by atoms with Crippen molar-refractivity contribution in [1.82, 2.24) is 18.6 Å². The van der Waals surface area contributed by atoms with Gasteiger partial charge in [0.2, 0.25) is 0 Å². The molecule has 8 heteroatoms. The van der Waals surface area contributed by atoms with E-state index in [9.17, 15) is 2.74 Å². The number of ether oxygens (including phenoxy) is 1. The van der Waals surface area contributed by atoms with Crippen molar-refractivity contribution in [1.29, 1.82) is 0 Å². The Labute approximate surface area is 412 Å². The van der Waals surface area contributed by atoms with E-state index < -0.39 is 25.0 Å². The van der Waals surface area contributed by atoms with Gasteiger partial charge in [-0.3, -0.25) is 0 Å². The molecular formula is C59H46BN5OPt. The molecule has 0 spiro atoms. The number of pyridine rings is 1. The predicted octanol–water partition coefficient (Wildman–Crippen LogP) is 14.1. The quantitative estimate of drug-likeness (QED) is 0.142. The third kappa shape index (κ3) is 6.83. The first-order chi connectivity index (χ1) is 36.0. The minimum absolute atomic E-state index is 0.000975. The number of para-hydroxylation sites is 5. The van der Waals surface area contributed by atoms with Crippen molar-refractivity contribution in [2.45, 2.75) is 33.0 Å². The summed E-state index contributed by atoms with van der Waals surface area (Å²) in [6, 6.07) is 55.5. The first-order valence-corrected chi connectivity index (χ1v) is 23.3. The fourth-order valence-corrected chi connectivity index (χ4v) is 10.8. The van der Waals surface area contributed by atoms with Crippen LogP contribution in [0.4, 0.5) is 11.5 Å². The first-order valence-electron chi connectivity index (χ1n) is 26.2. The zero-order chi connectivity index (χ0) is 52.2. The van der Waals surface area contributed by atoms with Gasteiger partial charge in [-0.1, -0.05) is 60.7 Å². The van der Waals surface area contributed by atoms with Crippen LogP contribution in [-0.2, 0) is 24.8 Å². The zero-order valence-electron chi connectivity index (χ0n) is 44.8. The third-order valence-corrected chi connectivity index (χ3v) is 13.7. The summed E-state index contributed by atoms with van der Waals surface area (Å²) in [5, 5.41) is 2.30. The van der Waals surface area contributed by atoms with Crippen molar-refractivity contribution in [2.24, 2.45) is 0 Å². The molecule has 11 aromatic rings. The van der Waals surface area contributed by atoms with Crippen molar-refractivity contribution in [3.63, 3.8) is 0 Å². The Bertz CT molecular complexity index is 4170. The summed E-state index contributed by atoms with van der Waals surface area (Å²) in [5.41, 5.74) is 9.99. The van der Waals surface area contributed by atoms with Crippen molar-refractivity contribution in [3.8, 4) is 45.3 Å². The molecule has 0 saturated heterocycles. The van der Waals surface area contributed by atoms with E-state index in [4.69, 9.17) is 17.9 Å². The molecule has 0 amide bonds. The van der Waals surface area contributed by atoms with E-state index in [-0.39, 0.29) is 47.2 Å². The fraction of sp³-hybridized carbons (Fsp3) is 0.0847. The molecule has 0 unspecified atom stereocenters. The number of fused-ring (bicyclic) bond motifs is 4. The van der Waals surface area contributed by atoms with Crippen LogP contribution >= 0.6 is 0 Å². The molecule has 1 aliphatic rings. The van der Waals surface area contributed by atoms with Crippen LogP contribution in [0.3, 0.4) is 0 Å². The second kappa shape index (κ2) is 16.1. The summed E-state index contributed by atoms with van der Waals surface area (Å²) >= 11 is 2.26. The van der Waals surface area contributed by atoms with E-state index in [0.717, 1.165) is 60.7 Å². The van der Waals surface area contributed by atoms with Gasteiger partial charge in [0.1, 0.15) is 0 Å². The Morgan fingerprint density at radius 2 is 1.31 bits per heavy atom. The van der Waals surface area contributed by atoms with E-state index in [0.29, 0.717) is 26.6 Å². The number of aromatic nitrogens is 4. The van der Waals surface area contributed by atoms with Crippen molar-refractivity contribution >= 4 is 56.8 Å². The first kappa shape index (κ1) is 33.1. The monoisotopic (exact) mass is 1050 g/mol. The summed E-state index contributed by atoms with van der Waals surface area (Å²) in [6.07, 6.45) is 0. The topological polar surface area (TPSA) is 40.1 Å². The molecule has 0 aliphatic carbocycles. The second-order valence-corrected chi connectivity index (χ2v) is 18.8. The van der Waals surface area contributed by atoms with E-state index in [1.54, 1.807) is 30.3 Å². The maximum absolute atomic E-state index is 9.20. The number of anilines is 2. The molecule has 0 radical (unpaired) electrons. The van der Waals surface area contributed by atoms with Crippen LogP contribution in [0, 0.1) is 10.7 Å². The molecule has 6 nitrogen and oxygen atoms in total. The van der Waals surface area contributed by atoms with E-state index >= 15 is 0 Å². The minimum atomic E-state index is -2.57. The van der Waals surface area contributed by atoms with Crippen LogP contribution in [-0.4, -0.2) is 25.6 Å². The molecule has 0 saturated carbocycles. The maximum atomic E-state index is 9.20. The molecule has 1 aliphatic heterocycles. The van der Waals surface area contributed by atoms with Gasteiger partial charge < -0.3 is 0 Å². The number of hydrogen-bond acceptors (Lipinski definition) is 3. The summed E-state index contributed by atoms with van der Waals surface area (Å²) < 4.78 is 84.2. The summed E-state index contributed by atoms with van der Waals surface area (Å²) in [4.78, 5) is 7.36. The van der Waals surface area contributed by atoms with Gasteiger partial charge >= 0.3 is 332 Å². The number of imidazole rings is 1. The number of hydrogen-bond donors (Lipinski definition) is 0. The van der Waals surface area contributed by atoms with Crippen LogP contribution in [0.5, 0.6) is 11.6 Å². The van der Waals surface area contributed by atoms with Gasteiger partial charge in [0, 0.05) is 16.3 Å². The molecule has 0 bridgehead atoms. The Morgan fingerprint density at radius 1 is 0.627 bits per heavy atom. The van der Waals surface area contributed by atoms with Gasteiger partial charge in [0.15, 0.2) is 0 Å². The molecule has 326 valence electrons. The van der Waals surface area contributed by atoms with Crippen molar-refractivity contribution in [2.75, 3.05) is 4.81 Å². The van der Waals surface area contributed by atoms with E-state index in [2.05, 4.69) is 116 Å². The van der Waals surface area contributed by atoms with Crippen molar-refractivity contribution in [3.05, 3.63) is 221 Å². The molecule has 67 heavy (non-hydrogen) atoms. The Balaban J connectivity index is 1.03. The Kier molecular flexibility index (Phi) is 7.97. The van der Waals surface area contributed by atoms with Gasteiger partial charge in [-0.25, -0.2) is 0 Å². The number of rotatable bonds is 8. The second-order valence-electron chi connectivity index (χ2n) is 17.8. The van der Waals surface area contributed by atoms with Crippen LogP contribution in [0.2, 0.25) is 0 Å². The number of nitrogens with zero attached hydrogens (tertiary/aromatic N) is 5. The Hall–Kier alpha value is -7.47. The summed E-state index contributed by atoms with van der Waals surface area (Å²) in [6.45, 7) is 3.60. The van der Waals surface area contributed by atoms with Crippen LogP contribution in [0.1, 0.15) is 42.9 Å². The van der Waals surface area contributed by atoms with Crippen LogP contribution in [0.25, 0.3) is 66.5 Å². The SMILES string of the molecule is [2H]c1c([2H])c([2H])c(-c2cccc(-c3cccc(C(C)(C)C)c3)c2-n2[c](=[Pt])n(-c3ccc(C([2H])([2H])[2H])c(Oc4cccc(N5B(c6ccccc6)n6c7ccccc7c7cccc5c76)n4)c3)c3ccccc32)c([2H])c1[2H]. The van der Waals surface area contributed by atoms with Crippen LogP contribution < -0.4 is 15.0 Å². The molecule has 0 N–H and O–H groups in total. The molecule has 0 fully saturated rings. The van der Waals surface area contributed by atoms with Gasteiger partial charge in [-0.05, 0) is 6.07 Å². The average Bonchev–Trinajstić information content (AvgIpc) is 4.04. The Morgan fingerprint density at radius 3 is 2.10 bits per heavy atom. The van der Waals surface area contributed by atoms with Crippen LogP contribution in [0.15, 0.2) is 206 Å². The van der Waals surface area contributed by atoms with Gasteiger partial charge in [0.05, 0.1) is 0 Å². The summed E-state index contributed by atoms with van der Waals surface area (Å²) in [5.74, 6) is 0.909. The normalized spacial score (nSPS) is 14.4. The fourth-order valence-electron chi connectivity index (χ4n) is 9.67. The number of benzene rings is 8. The summed E-state index contributed by atoms with van der Waals surface area (Å²) in [7, 11) is 0. The van der Waals surface area contributed by atoms with Crippen molar-refractivity contribution < 1.29 is 35.1 Å². The van der Waals surface area contributed by atoms with Gasteiger partial charge in [0.25, 0.3) is 0 Å². The third-order valence-electron chi connectivity index (χ3n) is 12.7. The zero-order valence-corrected chi connectivity index (χ0v) is 39.1. The van der Waals surface area contributed by atoms with E-state index in [1.165, 1.54) is 0 Å². The standard InChI is InChI=1S/C59H46BN5O.Pt/c1-40-35-36-45(62-39-63(52-31-14-13-30-51(52)62)57-46(41-19-7-5-8-20-41)26-16-27-47(57)42-21-15-22-43(37-42)59(2,3)4)38-54(40)66-56-34-18-33-55(61-56)64-53-32-17-28-49-48-25-11-12-29-50(48)65(58(49)53)60(64)44-23-9-6-10-24-44;/h5-38H,1-4H3;/i1D3,5D,7D,8D,19D,20D;. The predicted molar refractivity (Wildman–Crippen MR) is 273 cm³/mol. The molecule has 3 aromatic heterocycles. The molecular weight excluding hydrogens is 1000 g/mol. The molecule has 4 heterocycles. The van der Waals surface area contributed by atoms with E-state index in [1.807, 2.05) is 88.0 Å². The molecule has 8 aromatic carbocycles.